The number of aromatic amines is 1. The Bertz CT molecular complexity index is 1250. The van der Waals surface area contributed by atoms with Crippen molar-refractivity contribution in [3.63, 3.8) is 0 Å². The van der Waals surface area contributed by atoms with Crippen LogP contribution in [0.4, 0.5) is 10.2 Å². The Morgan fingerprint density at radius 1 is 1.26 bits per heavy atom. The fourth-order valence-electron chi connectivity index (χ4n) is 4.36. The first-order valence-corrected chi connectivity index (χ1v) is 10.5. The summed E-state index contributed by atoms with van der Waals surface area (Å²) in [5.41, 5.74) is 3.38. The Balaban J connectivity index is 1.37. The lowest BCUT2D eigenvalue weighted by Gasteiger charge is -2.09. The molecule has 8 heteroatoms. The van der Waals surface area contributed by atoms with Crippen LogP contribution in [0.25, 0.3) is 22.4 Å². The molecule has 7 nitrogen and oxygen atoms in total. The lowest BCUT2D eigenvalue weighted by molar-refractivity contribution is -0.115. The maximum atomic E-state index is 14.2. The number of hydrogen-bond acceptors (Lipinski definition) is 4. The fraction of sp³-hybridized carbons (Fsp3) is 0.304. The van der Waals surface area contributed by atoms with E-state index in [-0.39, 0.29) is 18.1 Å². The second-order valence-electron chi connectivity index (χ2n) is 8.10. The third-order valence-corrected chi connectivity index (χ3v) is 5.87. The number of aromatic nitrogens is 5. The van der Waals surface area contributed by atoms with Crippen molar-refractivity contribution >= 4 is 22.9 Å². The summed E-state index contributed by atoms with van der Waals surface area (Å²) in [6, 6.07) is 8.51. The van der Waals surface area contributed by atoms with Gasteiger partial charge < -0.3 is 14.9 Å². The molecule has 5 rings (SSSR count). The normalized spacial score (nSPS) is 14.4. The van der Waals surface area contributed by atoms with Gasteiger partial charge in [0, 0.05) is 30.4 Å². The molecule has 158 valence electrons. The number of benzene rings is 1. The van der Waals surface area contributed by atoms with Gasteiger partial charge in [-0.1, -0.05) is 12.8 Å². The molecule has 0 aliphatic heterocycles. The van der Waals surface area contributed by atoms with E-state index in [0.717, 1.165) is 29.9 Å². The molecule has 0 radical (unpaired) electrons. The second-order valence-corrected chi connectivity index (χ2v) is 8.10. The van der Waals surface area contributed by atoms with Crippen LogP contribution in [0.3, 0.4) is 0 Å². The number of aryl methyl sites for hydroxylation is 1. The standard InChI is InChI=1S/C23H23FN6O/c1-30-8-4-7-18(30)16-9-14(10-17(24)12-16)11-19(31)27-22-20-23(26-13-25-22)29-21(28-20)15-5-2-3-6-15/h4,7-10,12-13,15H,2-3,5-6,11H2,1H3,(H2,25,26,27,28,29,31). The van der Waals surface area contributed by atoms with E-state index < -0.39 is 0 Å². The predicted octanol–water partition coefficient (Wildman–Crippen LogP) is 4.34. The molecular weight excluding hydrogens is 395 g/mol. The summed E-state index contributed by atoms with van der Waals surface area (Å²) in [6.45, 7) is 0. The second kappa shape index (κ2) is 7.94. The van der Waals surface area contributed by atoms with Crippen molar-refractivity contribution in [3.05, 3.63) is 60.1 Å². The van der Waals surface area contributed by atoms with Gasteiger partial charge in [0.25, 0.3) is 0 Å². The molecule has 0 unspecified atom stereocenters. The number of halogens is 1. The maximum Gasteiger partial charge on any atom is 0.230 e. The summed E-state index contributed by atoms with van der Waals surface area (Å²) in [7, 11) is 1.90. The molecule has 4 aromatic rings. The monoisotopic (exact) mass is 418 g/mol. The molecule has 3 heterocycles. The molecular formula is C23H23FN6O. The van der Waals surface area contributed by atoms with Crippen molar-refractivity contribution < 1.29 is 9.18 Å². The summed E-state index contributed by atoms with van der Waals surface area (Å²) < 4.78 is 16.1. The van der Waals surface area contributed by atoms with Gasteiger partial charge in [0.1, 0.15) is 23.5 Å². The van der Waals surface area contributed by atoms with E-state index in [1.54, 1.807) is 0 Å². The van der Waals surface area contributed by atoms with Crippen LogP contribution in [-0.4, -0.2) is 30.4 Å². The van der Waals surface area contributed by atoms with Gasteiger partial charge in [0.05, 0.1) is 6.42 Å². The number of anilines is 1. The van der Waals surface area contributed by atoms with Gasteiger partial charge in [-0.15, -0.1) is 0 Å². The van der Waals surface area contributed by atoms with Crippen molar-refractivity contribution in [2.24, 2.45) is 7.05 Å². The molecule has 0 atom stereocenters. The fourth-order valence-corrected chi connectivity index (χ4v) is 4.36. The molecule has 1 aromatic carbocycles. The Morgan fingerprint density at radius 2 is 2.10 bits per heavy atom. The van der Waals surface area contributed by atoms with Gasteiger partial charge in [-0.2, -0.15) is 0 Å². The number of carbonyl (C=O) groups excluding carboxylic acids is 1. The molecule has 31 heavy (non-hydrogen) atoms. The average Bonchev–Trinajstić information content (AvgIpc) is 3.48. The van der Waals surface area contributed by atoms with E-state index in [4.69, 9.17) is 0 Å². The van der Waals surface area contributed by atoms with Crippen LogP contribution in [0.5, 0.6) is 0 Å². The van der Waals surface area contributed by atoms with Crippen LogP contribution in [0, 0.1) is 5.82 Å². The number of nitrogens with one attached hydrogen (secondary N) is 2. The first-order valence-electron chi connectivity index (χ1n) is 10.5. The summed E-state index contributed by atoms with van der Waals surface area (Å²) in [5.74, 6) is 1.05. The highest BCUT2D eigenvalue weighted by molar-refractivity contribution is 5.97. The first-order chi connectivity index (χ1) is 15.1. The lowest BCUT2D eigenvalue weighted by atomic mass is 10.0. The number of H-pyrrole nitrogens is 1. The van der Waals surface area contributed by atoms with Crippen LogP contribution in [-0.2, 0) is 18.3 Å². The van der Waals surface area contributed by atoms with E-state index in [0.29, 0.717) is 28.5 Å². The molecule has 1 aliphatic carbocycles. The van der Waals surface area contributed by atoms with Crippen molar-refractivity contribution in [1.29, 1.82) is 0 Å². The van der Waals surface area contributed by atoms with Crippen LogP contribution in [0.1, 0.15) is 43.0 Å². The van der Waals surface area contributed by atoms with Crippen molar-refractivity contribution in [3.8, 4) is 11.3 Å². The Hall–Kier alpha value is -3.55. The minimum absolute atomic E-state index is 0.0320. The van der Waals surface area contributed by atoms with Gasteiger partial charge >= 0.3 is 0 Å². The number of amides is 1. The number of imidazole rings is 1. The molecule has 0 spiro atoms. The molecule has 3 aromatic heterocycles. The molecule has 1 amide bonds. The van der Waals surface area contributed by atoms with Crippen LogP contribution >= 0.6 is 0 Å². The highest BCUT2D eigenvalue weighted by Crippen LogP contribution is 2.33. The molecule has 1 aliphatic rings. The molecule has 0 saturated heterocycles. The Morgan fingerprint density at radius 3 is 2.87 bits per heavy atom. The summed E-state index contributed by atoms with van der Waals surface area (Å²) in [4.78, 5) is 29.1. The van der Waals surface area contributed by atoms with E-state index >= 15 is 0 Å². The highest BCUT2D eigenvalue weighted by Gasteiger charge is 2.22. The van der Waals surface area contributed by atoms with E-state index in [1.165, 1.54) is 31.3 Å². The maximum absolute atomic E-state index is 14.2. The number of nitrogens with zero attached hydrogens (tertiary/aromatic N) is 4. The lowest BCUT2D eigenvalue weighted by Crippen LogP contribution is -2.16. The molecule has 0 bridgehead atoms. The largest absolute Gasteiger partial charge is 0.351 e. The third-order valence-electron chi connectivity index (χ3n) is 5.87. The van der Waals surface area contributed by atoms with E-state index in [9.17, 15) is 9.18 Å². The Labute approximate surface area is 178 Å². The number of rotatable bonds is 5. The zero-order valence-corrected chi connectivity index (χ0v) is 17.2. The van der Waals surface area contributed by atoms with E-state index in [2.05, 4.69) is 25.3 Å². The number of hydrogen-bond donors (Lipinski definition) is 2. The molecule has 1 fully saturated rings. The van der Waals surface area contributed by atoms with E-state index in [1.807, 2.05) is 36.0 Å². The predicted molar refractivity (Wildman–Crippen MR) is 116 cm³/mol. The SMILES string of the molecule is Cn1cccc1-c1cc(F)cc(CC(=O)Nc2ncnc3nc(C4CCCC4)[nH]c23)c1. The van der Waals surface area contributed by atoms with Crippen LogP contribution in [0.2, 0.25) is 0 Å². The van der Waals surface area contributed by atoms with Gasteiger partial charge in [0.15, 0.2) is 11.5 Å². The zero-order valence-electron chi connectivity index (χ0n) is 17.2. The van der Waals surface area contributed by atoms with Crippen molar-refractivity contribution in [2.45, 2.75) is 38.0 Å². The molecule has 2 N–H and O–H groups in total. The van der Waals surface area contributed by atoms with Gasteiger partial charge in [-0.05, 0) is 48.7 Å². The smallest absolute Gasteiger partial charge is 0.230 e. The minimum Gasteiger partial charge on any atom is -0.351 e. The Kier molecular flexibility index (Phi) is 4.97. The average molecular weight is 418 g/mol. The first kappa shape index (κ1) is 19.4. The van der Waals surface area contributed by atoms with Gasteiger partial charge in [0.2, 0.25) is 5.91 Å². The van der Waals surface area contributed by atoms with Gasteiger partial charge in [-0.3, -0.25) is 4.79 Å². The zero-order chi connectivity index (χ0) is 21.4. The topological polar surface area (TPSA) is 88.5 Å². The third kappa shape index (κ3) is 3.93. The van der Waals surface area contributed by atoms with Gasteiger partial charge in [-0.25, -0.2) is 19.3 Å². The van der Waals surface area contributed by atoms with Crippen LogP contribution in [0.15, 0.2) is 42.9 Å². The van der Waals surface area contributed by atoms with Crippen molar-refractivity contribution in [1.82, 2.24) is 24.5 Å². The highest BCUT2D eigenvalue weighted by atomic mass is 19.1. The van der Waals surface area contributed by atoms with Crippen LogP contribution < -0.4 is 5.32 Å². The summed E-state index contributed by atoms with van der Waals surface area (Å²) >= 11 is 0. The number of fused-ring (bicyclic) bond motifs is 1. The molecule has 1 saturated carbocycles. The number of carbonyl (C=O) groups is 1. The van der Waals surface area contributed by atoms with Crippen molar-refractivity contribution in [2.75, 3.05) is 5.32 Å². The minimum atomic E-state index is -0.374. The quantitative estimate of drug-likeness (QED) is 0.505. The summed E-state index contributed by atoms with van der Waals surface area (Å²) in [5, 5.41) is 2.83. The summed E-state index contributed by atoms with van der Waals surface area (Å²) in [6.07, 6.45) is 7.95.